The molecule has 5 aromatic rings. The Morgan fingerprint density at radius 1 is 0.556 bits per heavy atom. The first-order valence-electron chi connectivity index (χ1n) is 9.03. The zero-order valence-corrected chi connectivity index (χ0v) is 14.6. The Balaban J connectivity index is 2.05. The Kier molecular flexibility index (Phi) is 3.71. The molecule has 0 saturated carbocycles. The van der Waals surface area contributed by atoms with E-state index in [4.69, 9.17) is 0 Å². The predicted molar refractivity (Wildman–Crippen MR) is 114 cm³/mol. The quantitative estimate of drug-likeness (QED) is 0.364. The minimum atomic E-state index is -1.52. The fourth-order valence-corrected chi connectivity index (χ4v) is 4.09. The lowest BCUT2D eigenvalue weighted by Gasteiger charge is -2.17. The Morgan fingerprint density at radius 2 is 1.19 bits per heavy atom. The molecule has 0 radical (unpaired) electrons. The van der Waals surface area contributed by atoms with Gasteiger partial charge in [0.15, 0.2) is 0 Å². The van der Waals surface area contributed by atoms with Gasteiger partial charge in [0.2, 0.25) is 0 Å². The van der Waals surface area contributed by atoms with Gasteiger partial charge in [-0.15, -0.1) is 0 Å². The first-order chi connectivity index (χ1) is 13.2. The molecule has 0 aliphatic carbocycles. The van der Waals surface area contributed by atoms with Crippen LogP contribution in [0.3, 0.4) is 0 Å². The Labute approximate surface area is 157 Å². The molecule has 0 aliphatic heterocycles. The third kappa shape index (κ3) is 2.52. The third-order valence-corrected chi connectivity index (χ3v) is 5.26. The predicted octanol–water partition coefficient (Wildman–Crippen LogP) is 4.49. The van der Waals surface area contributed by atoms with E-state index < -0.39 is 7.12 Å². The maximum absolute atomic E-state index is 10.0. The molecule has 0 fully saturated rings. The van der Waals surface area contributed by atoms with Crippen LogP contribution in [0.2, 0.25) is 0 Å². The molecule has 0 saturated heterocycles. The maximum atomic E-state index is 10.0. The van der Waals surface area contributed by atoms with Crippen molar-refractivity contribution in [3.8, 4) is 11.1 Å². The van der Waals surface area contributed by atoms with Crippen molar-refractivity contribution in [1.82, 2.24) is 0 Å². The van der Waals surface area contributed by atoms with Crippen LogP contribution >= 0.6 is 0 Å². The SMILES string of the molecule is OB(O)c1cccc2cc3ccccc3c(-c3cccc4ccccc34)c12. The molecule has 5 aromatic carbocycles. The van der Waals surface area contributed by atoms with Gasteiger partial charge in [-0.3, -0.25) is 0 Å². The van der Waals surface area contributed by atoms with Crippen LogP contribution in [-0.2, 0) is 0 Å². The summed E-state index contributed by atoms with van der Waals surface area (Å²) >= 11 is 0. The summed E-state index contributed by atoms with van der Waals surface area (Å²) in [4.78, 5) is 0. The standard InChI is InChI=1S/C24H17BO2/c26-25(27)22-14-6-10-18-15-17-8-2-4-12-20(17)24(23(18)22)21-13-5-9-16-7-1-3-11-19(16)21/h1-15,26-27H. The van der Waals surface area contributed by atoms with Crippen LogP contribution in [0.4, 0.5) is 0 Å². The van der Waals surface area contributed by atoms with Crippen LogP contribution in [0.5, 0.6) is 0 Å². The lowest BCUT2D eigenvalue weighted by atomic mass is 9.74. The topological polar surface area (TPSA) is 40.5 Å². The zero-order valence-electron chi connectivity index (χ0n) is 14.6. The van der Waals surface area contributed by atoms with Gasteiger partial charge < -0.3 is 10.0 Å². The van der Waals surface area contributed by atoms with Crippen LogP contribution in [0, 0.1) is 0 Å². The van der Waals surface area contributed by atoms with Gasteiger partial charge in [0, 0.05) is 0 Å². The van der Waals surface area contributed by atoms with E-state index in [1.807, 2.05) is 36.4 Å². The molecule has 128 valence electrons. The lowest BCUT2D eigenvalue weighted by molar-refractivity contribution is 0.426. The van der Waals surface area contributed by atoms with E-state index >= 15 is 0 Å². The highest BCUT2D eigenvalue weighted by atomic mass is 16.4. The number of hydrogen-bond donors (Lipinski definition) is 2. The second-order valence-corrected chi connectivity index (χ2v) is 6.82. The highest BCUT2D eigenvalue weighted by Gasteiger charge is 2.20. The zero-order chi connectivity index (χ0) is 18.4. The van der Waals surface area contributed by atoms with E-state index in [1.54, 1.807) is 6.07 Å². The van der Waals surface area contributed by atoms with Crippen LogP contribution in [0.25, 0.3) is 43.4 Å². The largest absolute Gasteiger partial charge is 0.489 e. The Bertz CT molecular complexity index is 1300. The minimum absolute atomic E-state index is 0.529. The first-order valence-corrected chi connectivity index (χ1v) is 9.03. The van der Waals surface area contributed by atoms with Gasteiger partial charge in [0.05, 0.1) is 0 Å². The maximum Gasteiger partial charge on any atom is 0.489 e. The highest BCUT2D eigenvalue weighted by molar-refractivity contribution is 6.62. The van der Waals surface area contributed by atoms with Gasteiger partial charge in [-0.2, -0.15) is 0 Å². The number of rotatable bonds is 2. The molecule has 0 heterocycles. The first kappa shape index (κ1) is 16.1. The van der Waals surface area contributed by atoms with E-state index in [9.17, 15) is 10.0 Å². The van der Waals surface area contributed by atoms with Crippen LogP contribution < -0.4 is 5.46 Å². The van der Waals surface area contributed by atoms with Crippen molar-refractivity contribution in [2.45, 2.75) is 0 Å². The Hall–Kier alpha value is -3.14. The van der Waals surface area contributed by atoms with Crippen molar-refractivity contribution in [2.75, 3.05) is 0 Å². The van der Waals surface area contributed by atoms with E-state index in [2.05, 4.69) is 48.5 Å². The summed E-state index contributed by atoms with van der Waals surface area (Å²) in [5.41, 5.74) is 2.67. The highest BCUT2D eigenvalue weighted by Crippen LogP contribution is 2.39. The molecule has 0 amide bonds. The van der Waals surface area contributed by atoms with E-state index in [0.717, 1.165) is 43.4 Å². The van der Waals surface area contributed by atoms with Crippen molar-refractivity contribution in [2.24, 2.45) is 0 Å². The second-order valence-electron chi connectivity index (χ2n) is 6.82. The van der Waals surface area contributed by atoms with E-state index in [-0.39, 0.29) is 0 Å². The van der Waals surface area contributed by atoms with Crippen molar-refractivity contribution in [3.05, 3.63) is 91.0 Å². The number of benzene rings is 5. The molecule has 0 aromatic heterocycles. The molecule has 0 spiro atoms. The van der Waals surface area contributed by atoms with Crippen LogP contribution in [0.1, 0.15) is 0 Å². The van der Waals surface area contributed by atoms with Crippen molar-refractivity contribution < 1.29 is 10.0 Å². The summed E-state index contributed by atoms with van der Waals surface area (Å²) in [5.74, 6) is 0. The molecule has 27 heavy (non-hydrogen) atoms. The monoisotopic (exact) mass is 348 g/mol. The molecule has 0 bridgehead atoms. The molecule has 3 heteroatoms. The minimum Gasteiger partial charge on any atom is -0.423 e. The average Bonchev–Trinajstić information content (AvgIpc) is 2.71. The van der Waals surface area contributed by atoms with Gasteiger partial charge in [0.1, 0.15) is 0 Å². The molecular formula is C24H17BO2. The smallest absolute Gasteiger partial charge is 0.423 e. The Morgan fingerprint density at radius 3 is 2.00 bits per heavy atom. The van der Waals surface area contributed by atoms with Gasteiger partial charge in [-0.1, -0.05) is 84.9 Å². The van der Waals surface area contributed by atoms with Gasteiger partial charge in [-0.05, 0) is 55.0 Å². The van der Waals surface area contributed by atoms with Crippen LogP contribution in [-0.4, -0.2) is 17.2 Å². The summed E-state index contributed by atoms with van der Waals surface area (Å²) in [6.07, 6.45) is 0. The normalized spacial score (nSPS) is 11.3. The molecule has 0 aliphatic rings. The second kappa shape index (κ2) is 6.24. The van der Waals surface area contributed by atoms with Crippen molar-refractivity contribution in [3.63, 3.8) is 0 Å². The molecular weight excluding hydrogens is 331 g/mol. The van der Waals surface area contributed by atoms with Gasteiger partial charge in [-0.25, -0.2) is 0 Å². The van der Waals surface area contributed by atoms with Crippen molar-refractivity contribution in [1.29, 1.82) is 0 Å². The number of hydrogen-bond acceptors (Lipinski definition) is 2. The van der Waals surface area contributed by atoms with E-state index in [0.29, 0.717) is 5.46 Å². The lowest BCUT2D eigenvalue weighted by Crippen LogP contribution is -2.30. The van der Waals surface area contributed by atoms with Gasteiger partial charge >= 0.3 is 7.12 Å². The summed E-state index contributed by atoms with van der Waals surface area (Å²) < 4.78 is 0. The fraction of sp³-hybridized carbons (Fsp3) is 0. The number of fused-ring (bicyclic) bond motifs is 3. The summed E-state index contributed by atoms with van der Waals surface area (Å²) in [7, 11) is -1.52. The fourth-order valence-electron chi connectivity index (χ4n) is 4.09. The summed E-state index contributed by atoms with van der Waals surface area (Å²) in [5, 5.41) is 26.5. The molecule has 5 rings (SSSR count). The molecule has 2 nitrogen and oxygen atoms in total. The average molecular weight is 348 g/mol. The summed E-state index contributed by atoms with van der Waals surface area (Å²) in [6.45, 7) is 0. The van der Waals surface area contributed by atoms with E-state index in [1.165, 1.54) is 0 Å². The van der Waals surface area contributed by atoms with Crippen molar-refractivity contribution >= 4 is 44.9 Å². The summed E-state index contributed by atoms with van der Waals surface area (Å²) in [6, 6.07) is 30.7. The van der Waals surface area contributed by atoms with Crippen LogP contribution in [0.15, 0.2) is 91.0 Å². The van der Waals surface area contributed by atoms with Gasteiger partial charge in [0.25, 0.3) is 0 Å². The molecule has 0 unspecified atom stereocenters. The third-order valence-electron chi connectivity index (χ3n) is 5.26. The molecule has 2 N–H and O–H groups in total. The molecule has 0 atom stereocenters.